The summed E-state index contributed by atoms with van der Waals surface area (Å²) in [6.45, 7) is 4.48. The Labute approximate surface area is 154 Å². The Morgan fingerprint density at radius 1 is 1.38 bits per heavy atom. The molecule has 8 nitrogen and oxygen atoms in total. The number of nitrogens with zero attached hydrogens (tertiary/aromatic N) is 3. The van der Waals surface area contributed by atoms with Crippen LogP contribution in [-0.2, 0) is 29.5 Å². The molecule has 2 aromatic rings. The fourth-order valence-electron chi connectivity index (χ4n) is 2.92. The molecule has 0 aromatic carbocycles. The van der Waals surface area contributed by atoms with Crippen molar-refractivity contribution >= 4 is 34.1 Å². The highest BCUT2D eigenvalue weighted by Gasteiger charge is 2.30. The molecule has 0 unspecified atom stereocenters. The Morgan fingerprint density at radius 2 is 2.15 bits per heavy atom. The van der Waals surface area contributed by atoms with E-state index in [1.807, 2.05) is 0 Å². The Kier molecular flexibility index (Phi) is 5.08. The molecular formula is C17H20N4O4S. The molecule has 2 aromatic heterocycles. The lowest BCUT2D eigenvalue weighted by molar-refractivity contribution is -0.129. The van der Waals surface area contributed by atoms with Gasteiger partial charge in [0.2, 0.25) is 5.91 Å². The SMILES string of the molecule is CCOC(=O)c1c(NC(=O)c2nccn2C)sc2c1CCN(C(C)=O)C2. The van der Waals surface area contributed by atoms with Crippen LogP contribution < -0.4 is 5.32 Å². The average Bonchev–Trinajstić information content (AvgIpc) is 3.17. The number of amides is 2. The predicted octanol–water partition coefficient (Wildman–Crippen LogP) is 1.82. The fourth-order valence-corrected chi connectivity index (χ4v) is 4.17. The summed E-state index contributed by atoms with van der Waals surface area (Å²) in [7, 11) is 1.72. The quantitative estimate of drug-likeness (QED) is 0.822. The van der Waals surface area contributed by atoms with Crippen LogP contribution in [-0.4, -0.2) is 45.4 Å². The molecular weight excluding hydrogens is 356 g/mol. The van der Waals surface area contributed by atoms with E-state index in [0.29, 0.717) is 30.1 Å². The van der Waals surface area contributed by atoms with Gasteiger partial charge in [-0.05, 0) is 18.9 Å². The molecule has 0 aliphatic carbocycles. The van der Waals surface area contributed by atoms with Gasteiger partial charge in [-0.25, -0.2) is 9.78 Å². The second-order valence-electron chi connectivity index (χ2n) is 5.93. The van der Waals surface area contributed by atoms with Crippen LogP contribution in [0.3, 0.4) is 0 Å². The van der Waals surface area contributed by atoms with E-state index in [0.717, 1.165) is 10.4 Å². The monoisotopic (exact) mass is 376 g/mol. The van der Waals surface area contributed by atoms with Crippen molar-refractivity contribution in [1.29, 1.82) is 0 Å². The van der Waals surface area contributed by atoms with Gasteiger partial charge in [0.1, 0.15) is 5.00 Å². The highest BCUT2D eigenvalue weighted by molar-refractivity contribution is 7.17. The maximum absolute atomic E-state index is 12.5. The van der Waals surface area contributed by atoms with Crippen molar-refractivity contribution in [3.63, 3.8) is 0 Å². The van der Waals surface area contributed by atoms with E-state index in [2.05, 4.69) is 10.3 Å². The molecule has 0 saturated carbocycles. The summed E-state index contributed by atoms with van der Waals surface area (Å²) in [6.07, 6.45) is 3.76. The molecule has 0 radical (unpaired) electrons. The van der Waals surface area contributed by atoms with Crippen molar-refractivity contribution in [3.05, 3.63) is 34.2 Å². The zero-order chi connectivity index (χ0) is 18.8. The van der Waals surface area contributed by atoms with Crippen LogP contribution in [0.1, 0.15) is 45.3 Å². The summed E-state index contributed by atoms with van der Waals surface area (Å²) in [5, 5.41) is 3.22. The summed E-state index contributed by atoms with van der Waals surface area (Å²) in [6, 6.07) is 0. The summed E-state index contributed by atoms with van der Waals surface area (Å²) >= 11 is 1.31. The molecule has 9 heteroatoms. The third kappa shape index (κ3) is 3.34. The van der Waals surface area contributed by atoms with E-state index >= 15 is 0 Å². The first-order chi connectivity index (χ1) is 12.4. The van der Waals surface area contributed by atoms with Crippen LogP contribution >= 0.6 is 11.3 Å². The second-order valence-corrected chi connectivity index (χ2v) is 7.04. The maximum Gasteiger partial charge on any atom is 0.341 e. The van der Waals surface area contributed by atoms with E-state index in [1.165, 1.54) is 24.5 Å². The zero-order valence-corrected chi connectivity index (χ0v) is 15.7. The highest BCUT2D eigenvalue weighted by atomic mass is 32.1. The topological polar surface area (TPSA) is 93.5 Å². The molecule has 1 aliphatic rings. The number of aromatic nitrogens is 2. The number of hydrogen-bond acceptors (Lipinski definition) is 6. The van der Waals surface area contributed by atoms with Crippen LogP contribution in [0.25, 0.3) is 0 Å². The molecule has 2 amide bonds. The second kappa shape index (κ2) is 7.28. The van der Waals surface area contributed by atoms with Crippen molar-refractivity contribution in [1.82, 2.24) is 14.5 Å². The lowest BCUT2D eigenvalue weighted by Crippen LogP contribution is -2.34. The van der Waals surface area contributed by atoms with Crippen molar-refractivity contribution in [2.24, 2.45) is 7.05 Å². The number of imidazole rings is 1. The number of fused-ring (bicyclic) bond motifs is 1. The number of hydrogen-bond donors (Lipinski definition) is 1. The van der Waals surface area contributed by atoms with E-state index in [1.54, 1.807) is 29.6 Å². The van der Waals surface area contributed by atoms with E-state index in [-0.39, 0.29) is 18.3 Å². The number of rotatable bonds is 4. The van der Waals surface area contributed by atoms with Gasteiger partial charge < -0.3 is 19.5 Å². The standard InChI is InChI=1S/C17H20N4O4S/c1-4-25-17(24)13-11-5-7-21(10(2)22)9-12(11)26-16(13)19-15(23)14-18-6-8-20(14)3/h6,8H,4-5,7,9H2,1-3H3,(H,19,23). The van der Waals surface area contributed by atoms with Crippen LogP contribution in [0.5, 0.6) is 0 Å². The average molecular weight is 376 g/mol. The minimum atomic E-state index is -0.462. The summed E-state index contributed by atoms with van der Waals surface area (Å²) in [5.41, 5.74) is 1.23. The van der Waals surface area contributed by atoms with Crippen LogP contribution in [0.4, 0.5) is 5.00 Å². The molecule has 3 heterocycles. The van der Waals surface area contributed by atoms with Crippen molar-refractivity contribution in [2.75, 3.05) is 18.5 Å². The molecule has 0 fully saturated rings. The van der Waals surface area contributed by atoms with E-state index in [9.17, 15) is 14.4 Å². The summed E-state index contributed by atoms with van der Waals surface area (Å²) in [5.74, 6) is -0.627. The molecule has 1 aliphatic heterocycles. The number of nitrogens with one attached hydrogen (secondary N) is 1. The number of ether oxygens (including phenoxy) is 1. The van der Waals surface area contributed by atoms with Gasteiger partial charge in [-0.2, -0.15) is 0 Å². The van der Waals surface area contributed by atoms with Gasteiger partial charge in [0.15, 0.2) is 5.82 Å². The molecule has 138 valence electrons. The van der Waals surface area contributed by atoms with Crippen LogP contribution in [0.2, 0.25) is 0 Å². The minimum absolute atomic E-state index is 0.0136. The molecule has 26 heavy (non-hydrogen) atoms. The summed E-state index contributed by atoms with van der Waals surface area (Å²) < 4.78 is 6.78. The number of anilines is 1. The first kappa shape index (κ1) is 18.1. The normalized spacial score (nSPS) is 13.3. The number of esters is 1. The molecule has 0 bridgehead atoms. The molecule has 0 spiro atoms. The van der Waals surface area contributed by atoms with Gasteiger partial charge in [-0.1, -0.05) is 0 Å². The first-order valence-corrected chi connectivity index (χ1v) is 9.09. The van der Waals surface area contributed by atoms with Crippen molar-refractivity contribution < 1.29 is 19.1 Å². The zero-order valence-electron chi connectivity index (χ0n) is 14.9. The van der Waals surface area contributed by atoms with E-state index in [4.69, 9.17) is 4.74 Å². The van der Waals surface area contributed by atoms with Crippen LogP contribution in [0, 0.1) is 0 Å². The third-order valence-electron chi connectivity index (χ3n) is 4.23. The largest absolute Gasteiger partial charge is 0.462 e. The maximum atomic E-state index is 12.5. The van der Waals surface area contributed by atoms with Crippen LogP contribution in [0.15, 0.2) is 12.4 Å². The van der Waals surface area contributed by atoms with Gasteiger partial charge >= 0.3 is 5.97 Å². The molecule has 1 N–H and O–H groups in total. The van der Waals surface area contributed by atoms with E-state index < -0.39 is 11.9 Å². The summed E-state index contributed by atoms with van der Waals surface area (Å²) in [4.78, 5) is 43.3. The third-order valence-corrected chi connectivity index (χ3v) is 5.37. The fraction of sp³-hybridized carbons (Fsp3) is 0.412. The first-order valence-electron chi connectivity index (χ1n) is 8.28. The van der Waals surface area contributed by atoms with Gasteiger partial charge in [0, 0.05) is 37.8 Å². The predicted molar refractivity (Wildman–Crippen MR) is 96.2 cm³/mol. The number of thiophene rings is 1. The highest BCUT2D eigenvalue weighted by Crippen LogP contribution is 2.37. The number of aryl methyl sites for hydroxylation is 1. The molecule has 3 rings (SSSR count). The molecule has 0 saturated heterocycles. The Balaban J connectivity index is 1.96. The molecule has 0 atom stereocenters. The Morgan fingerprint density at radius 3 is 2.77 bits per heavy atom. The van der Waals surface area contributed by atoms with Gasteiger partial charge in [-0.15, -0.1) is 11.3 Å². The minimum Gasteiger partial charge on any atom is -0.462 e. The van der Waals surface area contributed by atoms with Gasteiger partial charge in [0.25, 0.3) is 5.91 Å². The smallest absolute Gasteiger partial charge is 0.341 e. The number of carbonyl (C=O) groups excluding carboxylic acids is 3. The lowest BCUT2D eigenvalue weighted by atomic mass is 10.0. The van der Waals surface area contributed by atoms with Crippen molar-refractivity contribution in [2.45, 2.75) is 26.8 Å². The Bertz CT molecular complexity index is 870. The van der Waals surface area contributed by atoms with Gasteiger partial charge in [-0.3, -0.25) is 9.59 Å². The lowest BCUT2D eigenvalue weighted by Gasteiger charge is -2.25. The Hall–Kier alpha value is -2.68. The van der Waals surface area contributed by atoms with Gasteiger partial charge in [0.05, 0.1) is 18.7 Å². The van der Waals surface area contributed by atoms with Crippen molar-refractivity contribution in [3.8, 4) is 0 Å². The number of carbonyl (C=O) groups is 3.